The molecule has 0 spiro atoms. The third-order valence-corrected chi connectivity index (χ3v) is 1.32. The maximum Gasteiger partial charge on any atom is 0.157 e. The van der Waals surface area contributed by atoms with Gasteiger partial charge in [0.25, 0.3) is 0 Å². The third kappa shape index (κ3) is 1.69. The van der Waals surface area contributed by atoms with Crippen molar-refractivity contribution in [2.24, 2.45) is 0 Å². The monoisotopic (exact) mass is 179 g/mol. The first kappa shape index (κ1) is 9.40. The average molecular weight is 180 g/mol. The second kappa shape index (κ2) is 3.54. The molecule has 0 heterocycles. The highest BCUT2D eigenvalue weighted by atomic mass is 35.5. The summed E-state index contributed by atoms with van der Waals surface area (Å²) in [5.41, 5.74) is 5.59. The second-order valence-corrected chi connectivity index (χ2v) is 2.08. The molecular weight excluding hydrogens is 173 g/mol. The molecule has 0 bridgehead atoms. The highest BCUT2D eigenvalue weighted by molar-refractivity contribution is 6.32. The van der Waals surface area contributed by atoms with E-state index >= 15 is 0 Å². The molecule has 0 aliphatic carbocycles. The van der Waals surface area contributed by atoms with Crippen LogP contribution in [0.3, 0.4) is 0 Å². The van der Waals surface area contributed by atoms with Crippen LogP contribution in [0.4, 0.5) is 5.69 Å². The summed E-state index contributed by atoms with van der Waals surface area (Å²) in [6, 6.07) is 4.84. The van der Waals surface area contributed by atoms with E-state index in [0.29, 0.717) is 5.69 Å². The predicted octanol–water partition coefficient (Wildman–Crippen LogP) is 2.05. The van der Waals surface area contributed by atoms with Crippen molar-refractivity contribution in [3.05, 3.63) is 23.2 Å². The molecule has 0 aliphatic rings. The van der Waals surface area contributed by atoms with Crippen LogP contribution in [0.5, 0.6) is 5.75 Å². The molecule has 1 aromatic rings. The van der Waals surface area contributed by atoms with E-state index < -0.39 is 0 Å². The lowest BCUT2D eigenvalue weighted by molar-refractivity contribution is 0.478. The Morgan fingerprint density at radius 2 is 2.00 bits per heavy atom. The molecule has 1 aromatic carbocycles. The molecule has 0 aromatic heterocycles. The van der Waals surface area contributed by atoms with E-state index in [1.165, 1.54) is 0 Å². The van der Waals surface area contributed by atoms with Crippen LogP contribution < -0.4 is 5.73 Å². The number of phenols is 1. The Kier molecular flexibility index (Phi) is 3.33. The molecule has 10 heavy (non-hydrogen) atoms. The van der Waals surface area contributed by atoms with E-state index in [-0.39, 0.29) is 23.2 Å². The van der Waals surface area contributed by atoms with E-state index in [4.69, 9.17) is 22.4 Å². The number of aromatic hydroxyl groups is 1. The summed E-state index contributed by atoms with van der Waals surface area (Å²) in [7, 11) is 0. The molecule has 0 unspecified atom stereocenters. The fraction of sp³-hybridized carbons (Fsp3) is 0. The van der Waals surface area contributed by atoms with E-state index in [1.54, 1.807) is 18.2 Å². The van der Waals surface area contributed by atoms with Gasteiger partial charge in [0.2, 0.25) is 0 Å². The Hall–Kier alpha value is -0.600. The van der Waals surface area contributed by atoms with Gasteiger partial charge in [-0.25, -0.2) is 0 Å². The Morgan fingerprint density at radius 1 is 1.40 bits per heavy atom. The molecule has 2 nitrogen and oxygen atoms in total. The predicted molar refractivity (Wildman–Crippen MR) is 44.8 cm³/mol. The van der Waals surface area contributed by atoms with E-state index in [0.717, 1.165) is 0 Å². The van der Waals surface area contributed by atoms with Gasteiger partial charge in [-0.1, -0.05) is 17.7 Å². The fourth-order valence-corrected chi connectivity index (χ4v) is 0.714. The Labute approximate surface area is 70.0 Å². The summed E-state index contributed by atoms with van der Waals surface area (Å²) in [5, 5.41) is 9.24. The normalized spacial score (nSPS) is 8.50. The van der Waals surface area contributed by atoms with E-state index in [1.807, 2.05) is 0 Å². The van der Waals surface area contributed by atoms with E-state index in [9.17, 15) is 0 Å². The highest BCUT2D eigenvalue weighted by Crippen LogP contribution is 2.28. The maximum absolute atomic E-state index is 8.95. The summed E-state index contributed by atoms with van der Waals surface area (Å²) in [5.74, 6) is -0.0424. The lowest BCUT2D eigenvalue weighted by Gasteiger charge is -1.97. The second-order valence-electron chi connectivity index (χ2n) is 1.68. The minimum absolute atomic E-state index is 0. The molecular formula is C6H7Cl2NO. The van der Waals surface area contributed by atoms with Crippen molar-refractivity contribution in [1.82, 2.24) is 0 Å². The van der Waals surface area contributed by atoms with Gasteiger partial charge in [-0.2, -0.15) is 0 Å². The topological polar surface area (TPSA) is 46.2 Å². The minimum atomic E-state index is -0.0424. The van der Waals surface area contributed by atoms with Crippen molar-refractivity contribution in [3.63, 3.8) is 0 Å². The van der Waals surface area contributed by atoms with E-state index in [2.05, 4.69) is 0 Å². The first-order valence-electron chi connectivity index (χ1n) is 2.45. The lowest BCUT2D eigenvalue weighted by atomic mass is 10.3. The number of nitrogens with two attached hydrogens (primary N) is 1. The van der Waals surface area contributed by atoms with Crippen LogP contribution in [0.1, 0.15) is 0 Å². The first-order valence-corrected chi connectivity index (χ1v) is 2.82. The van der Waals surface area contributed by atoms with Gasteiger partial charge in [-0.05, 0) is 12.1 Å². The first-order chi connectivity index (χ1) is 4.22. The largest absolute Gasteiger partial charge is 0.504 e. The zero-order chi connectivity index (χ0) is 6.85. The number of anilines is 1. The third-order valence-electron chi connectivity index (χ3n) is 1.02. The summed E-state index contributed by atoms with van der Waals surface area (Å²) < 4.78 is 0. The van der Waals surface area contributed by atoms with Crippen LogP contribution in [-0.2, 0) is 0 Å². The molecule has 56 valence electrons. The van der Waals surface area contributed by atoms with Crippen molar-refractivity contribution in [2.75, 3.05) is 5.73 Å². The van der Waals surface area contributed by atoms with Crippen molar-refractivity contribution >= 4 is 29.7 Å². The number of hydrogen-bond donors (Lipinski definition) is 2. The Morgan fingerprint density at radius 3 is 2.40 bits per heavy atom. The number of rotatable bonds is 0. The number of benzene rings is 1. The van der Waals surface area contributed by atoms with Gasteiger partial charge in [0.05, 0.1) is 10.7 Å². The van der Waals surface area contributed by atoms with Crippen LogP contribution >= 0.6 is 24.0 Å². The van der Waals surface area contributed by atoms with Gasteiger partial charge in [-0.3, -0.25) is 0 Å². The summed E-state index contributed by atoms with van der Waals surface area (Å²) in [6.07, 6.45) is 0. The quantitative estimate of drug-likeness (QED) is 0.474. The highest BCUT2D eigenvalue weighted by Gasteiger charge is 1.98. The number of halogens is 2. The van der Waals surface area contributed by atoms with Gasteiger partial charge in [0.15, 0.2) is 5.75 Å². The lowest BCUT2D eigenvalue weighted by Crippen LogP contribution is -1.83. The minimum Gasteiger partial charge on any atom is -0.504 e. The van der Waals surface area contributed by atoms with Crippen LogP contribution in [0, 0.1) is 0 Å². The molecule has 1 rings (SSSR count). The maximum atomic E-state index is 8.95. The Bertz CT molecular complexity index is 207. The number of nitrogen functional groups attached to an aromatic ring is 1. The molecule has 0 amide bonds. The molecule has 0 fully saturated rings. The molecule has 0 saturated heterocycles. The van der Waals surface area contributed by atoms with Crippen LogP contribution in [0.2, 0.25) is 5.02 Å². The molecule has 4 heteroatoms. The molecule has 0 radical (unpaired) electrons. The number of phenolic OH excluding ortho intramolecular Hbond substituents is 1. The smallest absolute Gasteiger partial charge is 0.157 e. The zero-order valence-electron chi connectivity index (χ0n) is 5.04. The van der Waals surface area contributed by atoms with Gasteiger partial charge < -0.3 is 10.8 Å². The Balaban J connectivity index is 0.000000810. The zero-order valence-corrected chi connectivity index (χ0v) is 6.62. The standard InChI is InChI=1S/C6H6ClNO.ClH/c7-4-2-1-3-5(8)6(4)9;/h1-3,9H,8H2;1H. The molecule has 0 saturated carbocycles. The van der Waals surface area contributed by atoms with Crippen LogP contribution in [0.15, 0.2) is 18.2 Å². The summed E-state index contributed by atoms with van der Waals surface area (Å²) in [4.78, 5) is 0. The SMILES string of the molecule is Cl.Nc1cccc(Cl)c1O. The van der Waals surface area contributed by atoms with Crippen molar-refractivity contribution < 1.29 is 5.11 Å². The van der Waals surface area contributed by atoms with Gasteiger partial charge in [0.1, 0.15) is 0 Å². The average Bonchev–Trinajstić information content (AvgIpc) is 1.83. The number of para-hydroxylation sites is 1. The van der Waals surface area contributed by atoms with Gasteiger partial charge in [-0.15, -0.1) is 12.4 Å². The van der Waals surface area contributed by atoms with Crippen molar-refractivity contribution in [3.8, 4) is 5.75 Å². The molecule has 0 aliphatic heterocycles. The van der Waals surface area contributed by atoms with Crippen LogP contribution in [0.25, 0.3) is 0 Å². The fourth-order valence-electron chi connectivity index (χ4n) is 0.532. The number of hydrogen-bond acceptors (Lipinski definition) is 2. The van der Waals surface area contributed by atoms with Gasteiger partial charge in [0, 0.05) is 0 Å². The summed E-state index contributed by atoms with van der Waals surface area (Å²) >= 11 is 5.48. The van der Waals surface area contributed by atoms with Gasteiger partial charge >= 0.3 is 0 Å². The van der Waals surface area contributed by atoms with Crippen molar-refractivity contribution in [1.29, 1.82) is 0 Å². The summed E-state index contributed by atoms with van der Waals surface area (Å²) in [6.45, 7) is 0. The van der Waals surface area contributed by atoms with Crippen molar-refractivity contribution in [2.45, 2.75) is 0 Å². The molecule has 3 N–H and O–H groups in total. The molecule has 0 atom stereocenters. The van der Waals surface area contributed by atoms with Crippen LogP contribution in [-0.4, -0.2) is 5.11 Å².